The van der Waals surface area contributed by atoms with Crippen molar-refractivity contribution in [1.82, 2.24) is 5.32 Å². The van der Waals surface area contributed by atoms with Gasteiger partial charge in [0.1, 0.15) is 0 Å². The molecule has 112 valence electrons. The minimum atomic E-state index is -0.462. The second kappa shape index (κ2) is 8.25. The molecule has 3 atom stereocenters. The lowest BCUT2D eigenvalue weighted by Gasteiger charge is -2.25. The molecule has 0 radical (unpaired) electrons. The molecule has 0 saturated carbocycles. The van der Waals surface area contributed by atoms with Gasteiger partial charge in [0, 0.05) is 18.7 Å². The summed E-state index contributed by atoms with van der Waals surface area (Å²) in [5, 5.41) is 13.0. The Morgan fingerprint density at radius 1 is 1.45 bits per heavy atom. The number of aliphatic hydroxyl groups is 1. The molecule has 1 aliphatic rings. The Morgan fingerprint density at radius 2 is 2.30 bits per heavy atom. The molecule has 2 N–H and O–H groups in total. The van der Waals surface area contributed by atoms with E-state index in [1.807, 2.05) is 6.07 Å². The molecule has 2 rings (SSSR count). The van der Waals surface area contributed by atoms with Crippen molar-refractivity contribution in [1.29, 1.82) is 0 Å². The number of aliphatic hydroxyl groups excluding tert-OH is 1. The average Bonchev–Trinajstić information content (AvgIpc) is 2.94. The lowest BCUT2D eigenvalue weighted by atomic mass is 9.85. The van der Waals surface area contributed by atoms with Crippen LogP contribution < -0.4 is 5.32 Å². The fraction of sp³-hybridized carbons (Fsp3) is 0.625. The Bertz CT molecular complexity index is 388. The third-order valence-corrected chi connectivity index (χ3v) is 3.85. The van der Waals surface area contributed by atoms with Crippen molar-refractivity contribution in [2.45, 2.75) is 32.4 Å². The smallest absolute Gasteiger partial charge is 0.0947 e. The molecule has 1 aliphatic carbocycles. The number of ether oxygens (including phenoxy) is 1. The summed E-state index contributed by atoms with van der Waals surface area (Å²) in [6.45, 7) is 4.64. The van der Waals surface area contributed by atoms with Gasteiger partial charge in [0.2, 0.25) is 0 Å². The molecule has 0 aliphatic heterocycles. The third-order valence-electron chi connectivity index (χ3n) is 3.85. The van der Waals surface area contributed by atoms with Gasteiger partial charge in [-0.3, -0.25) is 0 Å². The van der Waals surface area contributed by atoms with Gasteiger partial charge in [-0.1, -0.05) is 19.1 Å². The van der Waals surface area contributed by atoms with Crippen LogP contribution in [0.1, 0.15) is 25.3 Å². The van der Waals surface area contributed by atoms with Crippen molar-refractivity contribution in [2.24, 2.45) is 11.8 Å². The Kier molecular flexibility index (Phi) is 6.30. The van der Waals surface area contributed by atoms with Crippen LogP contribution in [-0.2, 0) is 11.3 Å². The topological polar surface area (TPSA) is 54.6 Å². The number of rotatable bonds is 8. The van der Waals surface area contributed by atoms with Crippen molar-refractivity contribution in [3.8, 4) is 0 Å². The molecule has 0 saturated heterocycles. The highest BCUT2D eigenvalue weighted by Crippen LogP contribution is 2.24. The van der Waals surface area contributed by atoms with E-state index in [1.165, 1.54) is 0 Å². The predicted octanol–water partition coefficient (Wildman–Crippen LogP) is 2.35. The summed E-state index contributed by atoms with van der Waals surface area (Å²) in [6, 6.07) is 1.91. The Labute approximate surface area is 120 Å². The number of nitrogens with one attached hydrogen (secondary N) is 1. The van der Waals surface area contributed by atoms with Crippen LogP contribution in [-0.4, -0.2) is 31.0 Å². The zero-order valence-electron chi connectivity index (χ0n) is 12.1. The average molecular weight is 279 g/mol. The van der Waals surface area contributed by atoms with Gasteiger partial charge in [-0.25, -0.2) is 0 Å². The molecule has 0 fully saturated rings. The van der Waals surface area contributed by atoms with Crippen LogP contribution >= 0.6 is 0 Å². The maximum absolute atomic E-state index is 9.85. The fourth-order valence-corrected chi connectivity index (χ4v) is 2.43. The maximum Gasteiger partial charge on any atom is 0.0947 e. The molecular formula is C16H25NO3. The lowest BCUT2D eigenvalue weighted by molar-refractivity contribution is 0.0127. The molecule has 20 heavy (non-hydrogen) atoms. The molecule has 0 spiro atoms. The van der Waals surface area contributed by atoms with Crippen LogP contribution in [0.4, 0.5) is 0 Å². The highest BCUT2D eigenvalue weighted by Gasteiger charge is 2.18. The van der Waals surface area contributed by atoms with Crippen molar-refractivity contribution in [2.75, 3.05) is 19.8 Å². The molecule has 1 heterocycles. The Morgan fingerprint density at radius 3 is 3.05 bits per heavy atom. The zero-order chi connectivity index (χ0) is 14.2. The first-order chi connectivity index (χ1) is 9.75. The monoisotopic (exact) mass is 279 g/mol. The van der Waals surface area contributed by atoms with E-state index < -0.39 is 6.10 Å². The maximum atomic E-state index is 9.85. The quantitative estimate of drug-likeness (QED) is 0.717. The summed E-state index contributed by atoms with van der Waals surface area (Å²) in [5.41, 5.74) is 1.08. The van der Waals surface area contributed by atoms with E-state index in [2.05, 4.69) is 24.4 Å². The summed E-state index contributed by atoms with van der Waals surface area (Å²) in [4.78, 5) is 0. The van der Waals surface area contributed by atoms with Crippen LogP contribution in [0.2, 0.25) is 0 Å². The van der Waals surface area contributed by atoms with Crippen molar-refractivity contribution < 1.29 is 14.3 Å². The van der Waals surface area contributed by atoms with Crippen molar-refractivity contribution >= 4 is 0 Å². The fourth-order valence-electron chi connectivity index (χ4n) is 2.43. The van der Waals surface area contributed by atoms with E-state index >= 15 is 0 Å². The first-order valence-electron chi connectivity index (χ1n) is 7.38. The predicted molar refractivity (Wildman–Crippen MR) is 78.3 cm³/mol. The Hall–Kier alpha value is -1.10. The molecule has 0 aromatic carbocycles. The van der Waals surface area contributed by atoms with Crippen molar-refractivity contribution in [3.05, 3.63) is 36.3 Å². The molecular weight excluding hydrogens is 254 g/mol. The van der Waals surface area contributed by atoms with Crippen LogP contribution in [0.25, 0.3) is 0 Å². The van der Waals surface area contributed by atoms with Gasteiger partial charge >= 0.3 is 0 Å². The summed E-state index contributed by atoms with van der Waals surface area (Å²) in [5.74, 6) is 1.27. The van der Waals surface area contributed by atoms with E-state index in [4.69, 9.17) is 9.15 Å². The summed E-state index contributed by atoms with van der Waals surface area (Å²) in [7, 11) is 0. The van der Waals surface area contributed by atoms with Gasteiger partial charge in [-0.15, -0.1) is 0 Å². The first-order valence-corrected chi connectivity index (χ1v) is 7.38. The first kappa shape index (κ1) is 15.3. The summed E-state index contributed by atoms with van der Waals surface area (Å²) in [6.07, 6.45) is 9.60. The number of furan rings is 1. The number of allylic oxidation sites excluding steroid dienone is 2. The van der Waals surface area contributed by atoms with Crippen LogP contribution in [0.3, 0.4) is 0 Å². The largest absolute Gasteiger partial charge is 0.472 e. The van der Waals surface area contributed by atoms with Gasteiger partial charge in [0.15, 0.2) is 0 Å². The minimum absolute atomic E-state index is 0.394. The molecule has 4 heteroatoms. The summed E-state index contributed by atoms with van der Waals surface area (Å²) < 4.78 is 10.6. The lowest BCUT2D eigenvalue weighted by Crippen LogP contribution is -2.31. The second-order valence-electron chi connectivity index (χ2n) is 5.63. The van der Waals surface area contributed by atoms with E-state index in [-0.39, 0.29) is 0 Å². The van der Waals surface area contributed by atoms with Gasteiger partial charge in [0.25, 0.3) is 0 Å². The van der Waals surface area contributed by atoms with Gasteiger partial charge < -0.3 is 19.6 Å². The van der Waals surface area contributed by atoms with Gasteiger partial charge in [-0.2, -0.15) is 0 Å². The van der Waals surface area contributed by atoms with E-state index in [0.29, 0.717) is 31.5 Å². The summed E-state index contributed by atoms with van der Waals surface area (Å²) >= 11 is 0. The highest BCUT2D eigenvalue weighted by atomic mass is 16.5. The van der Waals surface area contributed by atoms with Crippen LogP contribution in [0, 0.1) is 11.8 Å². The van der Waals surface area contributed by atoms with E-state index in [1.54, 1.807) is 12.5 Å². The van der Waals surface area contributed by atoms with E-state index in [9.17, 15) is 5.11 Å². The van der Waals surface area contributed by atoms with Gasteiger partial charge in [-0.05, 0) is 30.7 Å². The SMILES string of the molecule is CC1CC=CCC1COCC(O)CNCc1ccoc1. The molecule has 1 aromatic heterocycles. The molecule has 3 unspecified atom stereocenters. The molecule has 4 nitrogen and oxygen atoms in total. The number of hydrogen-bond acceptors (Lipinski definition) is 4. The van der Waals surface area contributed by atoms with Crippen LogP contribution in [0.15, 0.2) is 35.2 Å². The zero-order valence-corrected chi connectivity index (χ0v) is 12.1. The molecule has 0 amide bonds. The minimum Gasteiger partial charge on any atom is -0.472 e. The van der Waals surface area contributed by atoms with Gasteiger partial charge in [0.05, 0.1) is 31.8 Å². The highest BCUT2D eigenvalue weighted by molar-refractivity contribution is 5.04. The normalized spacial score (nSPS) is 23.9. The Balaban J connectivity index is 1.53. The van der Waals surface area contributed by atoms with Crippen LogP contribution in [0.5, 0.6) is 0 Å². The second-order valence-corrected chi connectivity index (χ2v) is 5.63. The molecule has 0 bridgehead atoms. The number of hydrogen-bond donors (Lipinski definition) is 2. The van der Waals surface area contributed by atoms with Crippen molar-refractivity contribution in [3.63, 3.8) is 0 Å². The standard InChI is InChI=1S/C16H25NO3/c1-13-4-2-3-5-15(13)11-20-12-16(18)9-17-8-14-6-7-19-10-14/h2-3,6-7,10,13,15-18H,4-5,8-9,11-12H2,1H3. The molecule has 1 aromatic rings. The van der Waals surface area contributed by atoms with E-state index in [0.717, 1.165) is 25.0 Å². The third kappa shape index (κ3) is 5.12.